The number of H-pyrrole nitrogens is 1. The molecule has 1 saturated heterocycles. The Morgan fingerprint density at radius 1 is 1.23 bits per heavy atom. The van der Waals surface area contributed by atoms with Crippen molar-refractivity contribution in [3.8, 4) is 5.75 Å². The SMILES string of the molecule is Cc1nc2nc(CN3CCC(Oc4ccc(F)cc4)CC3)cc(=O)n2[nH]1. The second kappa shape index (κ2) is 6.87. The third kappa shape index (κ3) is 3.60. The summed E-state index contributed by atoms with van der Waals surface area (Å²) in [5, 5.41) is 2.87. The molecule has 3 heterocycles. The van der Waals surface area contributed by atoms with Gasteiger partial charge in [-0.2, -0.15) is 9.50 Å². The first-order chi connectivity index (χ1) is 12.6. The summed E-state index contributed by atoms with van der Waals surface area (Å²) in [6.45, 7) is 4.11. The smallest absolute Gasteiger partial charge is 0.274 e. The van der Waals surface area contributed by atoms with Gasteiger partial charge in [0.25, 0.3) is 11.3 Å². The molecule has 1 aliphatic rings. The van der Waals surface area contributed by atoms with E-state index in [0.29, 0.717) is 23.9 Å². The molecule has 0 radical (unpaired) electrons. The highest BCUT2D eigenvalue weighted by Gasteiger charge is 2.21. The van der Waals surface area contributed by atoms with Gasteiger partial charge < -0.3 is 4.74 Å². The van der Waals surface area contributed by atoms with E-state index in [4.69, 9.17) is 4.74 Å². The number of hydrogen-bond donors (Lipinski definition) is 1. The zero-order chi connectivity index (χ0) is 18.1. The lowest BCUT2D eigenvalue weighted by Crippen LogP contribution is -2.38. The Balaban J connectivity index is 1.36. The standard InChI is InChI=1S/C18H20FN5O2/c1-12-20-18-21-14(10-17(25)24(18)22-12)11-23-8-6-16(7-9-23)26-15-4-2-13(19)3-5-15/h2-5,10,16H,6-9,11H2,1H3,(H,20,21,22). The van der Waals surface area contributed by atoms with E-state index in [9.17, 15) is 9.18 Å². The summed E-state index contributed by atoms with van der Waals surface area (Å²) in [7, 11) is 0. The molecule has 7 nitrogen and oxygen atoms in total. The summed E-state index contributed by atoms with van der Waals surface area (Å²) in [4.78, 5) is 23.1. The van der Waals surface area contributed by atoms with Crippen molar-refractivity contribution < 1.29 is 9.13 Å². The minimum atomic E-state index is -0.264. The maximum Gasteiger partial charge on any atom is 0.274 e. The largest absolute Gasteiger partial charge is 0.490 e. The van der Waals surface area contributed by atoms with Crippen LogP contribution < -0.4 is 10.3 Å². The van der Waals surface area contributed by atoms with Crippen LogP contribution in [0.3, 0.4) is 0 Å². The van der Waals surface area contributed by atoms with Crippen molar-refractivity contribution in [2.24, 2.45) is 0 Å². The summed E-state index contributed by atoms with van der Waals surface area (Å²) in [5.41, 5.74) is 0.569. The van der Waals surface area contributed by atoms with Gasteiger partial charge in [-0.15, -0.1) is 0 Å². The van der Waals surface area contributed by atoms with Crippen LogP contribution >= 0.6 is 0 Å². The molecule has 4 rings (SSSR count). The van der Waals surface area contributed by atoms with E-state index in [1.165, 1.54) is 16.6 Å². The fourth-order valence-electron chi connectivity index (χ4n) is 3.23. The number of likely N-dealkylation sites (tertiary alicyclic amines) is 1. The van der Waals surface area contributed by atoms with Gasteiger partial charge in [-0.05, 0) is 44.0 Å². The summed E-state index contributed by atoms with van der Waals surface area (Å²) < 4.78 is 20.2. The molecule has 0 atom stereocenters. The Morgan fingerprint density at radius 2 is 1.96 bits per heavy atom. The number of benzene rings is 1. The molecule has 0 bridgehead atoms. The number of ether oxygens (including phenoxy) is 1. The number of halogens is 1. The number of rotatable bonds is 4. The monoisotopic (exact) mass is 357 g/mol. The summed E-state index contributed by atoms with van der Waals surface area (Å²) in [6, 6.07) is 7.66. The minimum absolute atomic E-state index is 0.117. The Bertz CT molecular complexity index is 958. The quantitative estimate of drug-likeness (QED) is 0.772. The lowest BCUT2D eigenvalue weighted by atomic mass is 10.1. The van der Waals surface area contributed by atoms with Crippen LogP contribution in [0.15, 0.2) is 35.1 Å². The third-order valence-corrected chi connectivity index (χ3v) is 4.53. The Labute approximate surface area is 149 Å². The Morgan fingerprint density at radius 3 is 2.69 bits per heavy atom. The molecule has 1 aromatic carbocycles. The van der Waals surface area contributed by atoms with Crippen molar-refractivity contribution >= 4 is 5.78 Å². The van der Waals surface area contributed by atoms with E-state index in [2.05, 4.69) is 20.0 Å². The van der Waals surface area contributed by atoms with E-state index >= 15 is 0 Å². The fraction of sp³-hybridized carbons (Fsp3) is 0.389. The van der Waals surface area contributed by atoms with Gasteiger partial charge in [0.05, 0.1) is 5.69 Å². The van der Waals surface area contributed by atoms with Gasteiger partial charge in [0.2, 0.25) is 0 Å². The molecule has 0 spiro atoms. The predicted octanol–water partition coefficient (Wildman–Crippen LogP) is 1.91. The number of nitrogens with zero attached hydrogens (tertiary/aromatic N) is 4. The highest BCUT2D eigenvalue weighted by Crippen LogP contribution is 2.20. The molecule has 1 aliphatic heterocycles. The molecule has 0 saturated carbocycles. The number of piperidine rings is 1. The molecular weight excluding hydrogens is 337 g/mol. The Hall–Kier alpha value is -2.74. The minimum Gasteiger partial charge on any atom is -0.490 e. The first kappa shape index (κ1) is 16.7. The van der Waals surface area contributed by atoms with E-state index in [0.717, 1.165) is 31.6 Å². The number of fused-ring (bicyclic) bond motifs is 1. The number of aryl methyl sites for hydroxylation is 1. The predicted molar refractivity (Wildman–Crippen MR) is 93.7 cm³/mol. The second-order valence-electron chi connectivity index (χ2n) is 6.58. The summed E-state index contributed by atoms with van der Waals surface area (Å²) in [5.74, 6) is 1.49. The molecule has 26 heavy (non-hydrogen) atoms. The van der Waals surface area contributed by atoms with Crippen molar-refractivity contribution in [1.29, 1.82) is 0 Å². The maximum absolute atomic E-state index is 13.0. The zero-order valence-corrected chi connectivity index (χ0v) is 14.5. The normalized spacial score (nSPS) is 16.2. The van der Waals surface area contributed by atoms with Gasteiger partial charge in [0.1, 0.15) is 23.5 Å². The second-order valence-corrected chi connectivity index (χ2v) is 6.58. The average molecular weight is 357 g/mol. The van der Waals surface area contributed by atoms with Crippen LogP contribution in [0, 0.1) is 12.7 Å². The molecule has 1 fully saturated rings. The average Bonchev–Trinajstić information content (AvgIpc) is 3.00. The van der Waals surface area contributed by atoms with Crippen molar-refractivity contribution in [3.63, 3.8) is 0 Å². The van der Waals surface area contributed by atoms with Crippen LogP contribution in [0.25, 0.3) is 5.78 Å². The highest BCUT2D eigenvalue weighted by molar-refractivity contribution is 5.27. The molecule has 0 unspecified atom stereocenters. The summed E-state index contributed by atoms with van der Waals surface area (Å²) in [6.07, 6.45) is 1.87. The van der Waals surface area contributed by atoms with Crippen LogP contribution in [0.1, 0.15) is 24.4 Å². The maximum atomic E-state index is 13.0. The molecule has 2 aromatic heterocycles. The van der Waals surface area contributed by atoms with Crippen molar-refractivity contribution in [3.05, 3.63) is 58.0 Å². The molecule has 8 heteroatoms. The topological polar surface area (TPSA) is 75.5 Å². The van der Waals surface area contributed by atoms with Gasteiger partial charge in [0, 0.05) is 25.7 Å². The van der Waals surface area contributed by atoms with Gasteiger partial charge in [-0.3, -0.25) is 14.8 Å². The van der Waals surface area contributed by atoms with Crippen molar-refractivity contribution in [2.45, 2.75) is 32.4 Å². The van der Waals surface area contributed by atoms with Crippen LogP contribution in [0.2, 0.25) is 0 Å². The van der Waals surface area contributed by atoms with Gasteiger partial charge in [-0.25, -0.2) is 9.37 Å². The van der Waals surface area contributed by atoms with Gasteiger partial charge in [-0.1, -0.05) is 0 Å². The van der Waals surface area contributed by atoms with Crippen LogP contribution in [0.4, 0.5) is 4.39 Å². The molecule has 0 amide bonds. The van der Waals surface area contributed by atoms with Crippen LogP contribution in [-0.4, -0.2) is 43.7 Å². The van der Waals surface area contributed by atoms with Crippen LogP contribution in [-0.2, 0) is 6.54 Å². The first-order valence-corrected chi connectivity index (χ1v) is 8.67. The summed E-state index contributed by atoms with van der Waals surface area (Å²) >= 11 is 0. The molecule has 3 aromatic rings. The van der Waals surface area contributed by atoms with E-state index < -0.39 is 0 Å². The zero-order valence-electron chi connectivity index (χ0n) is 14.5. The highest BCUT2D eigenvalue weighted by atomic mass is 19.1. The van der Waals surface area contributed by atoms with Crippen molar-refractivity contribution in [2.75, 3.05) is 13.1 Å². The molecule has 136 valence electrons. The van der Waals surface area contributed by atoms with Gasteiger partial charge >= 0.3 is 0 Å². The number of hydrogen-bond acceptors (Lipinski definition) is 5. The van der Waals surface area contributed by atoms with E-state index in [1.54, 1.807) is 25.1 Å². The Kier molecular flexibility index (Phi) is 4.42. The number of aromatic nitrogens is 4. The molecule has 0 aliphatic carbocycles. The fourth-order valence-corrected chi connectivity index (χ4v) is 3.23. The number of nitrogens with one attached hydrogen (secondary N) is 1. The lowest BCUT2D eigenvalue weighted by Gasteiger charge is -2.31. The van der Waals surface area contributed by atoms with Crippen molar-refractivity contribution in [1.82, 2.24) is 24.5 Å². The lowest BCUT2D eigenvalue weighted by molar-refractivity contribution is 0.0960. The van der Waals surface area contributed by atoms with E-state index in [-0.39, 0.29) is 17.5 Å². The molecular formula is C18H20FN5O2. The van der Waals surface area contributed by atoms with Crippen LogP contribution in [0.5, 0.6) is 5.75 Å². The number of aromatic amines is 1. The van der Waals surface area contributed by atoms with Gasteiger partial charge in [0.15, 0.2) is 0 Å². The first-order valence-electron chi connectivity index (χ1n) is 8.67. The van der Waals surface area contributed by atoms with E-state index in [1.807, 2.05) is 0 Å². The third-order valence-electron chi connectivity index (χ3n) is 4.53. The molecule has 1 N–H and O–H groups in total.